The molecular formula is C25H19N5O4S2. The highest BCUT2D eigenvalue weighted by Crippen LogP contribution is 2.38. The Labute approximate surface area is 214 Å². The minimum absolute atomic E-state index is 0.164. The average Bonchev–Trinajstić information content (AvgIpc) is 3.69. The number of thiazole rings is 1. The number of methoxy groups -OCH3 is 2. The second-order valence-corrected chi connectivity index (χ2v) is 9.75. The van der Waals surface area contributed by atoms with Gasteiger partial charge in [-0.2, -0.15) is 5.26 Å². The van der Waals surface area contributed by atoms with Crippen LogP contribution in [-0.4, -0.2) is 34.4 Å². The summed E-state index contributed by atoms with van der Waals surface area (Å²) < 4.78 is 24.9. The molecule has 0 aliphatic carbocycles. The van der Waals surface area contributed by atoms with Gasteiger partial charge in [0.25, 0.3) is 0 Å². The van der Waals surface area contributed by atoms with Crippen molar-refractivity contribution in [1.82, 2.24) is 14.6 Å². The van der Waals surface area contributed by atoms with Crippen molar-refractivity contribution in [3.63, 3.8) is 0 Å². The van der Waals surface area contributed by atoms with Gasteiger partial charge in [0.2, 0.25) is 0 Å². The molecule has 3 aromatic heterocycles. The van der Waals surface area contributed by atoms with Gasteiger partial charge in [-0.25, -0.2) is 14.6 Å². The molecule has 0 saturated heterocycles. The SMILES string of the molecule is COc1cc(OCc2csc(-c3cccc(C#N)c3)n2)c2cc(-c3cn4c(n3)SC(OC)N4)oc2c1. The lowest BCUT2D eigenvalue weighted by atomic mass is 10.1. The molecule has 1 atom stereocenters. The van der Waals surface area contributed by atoms with Crippen LogP contribution in [0.2, 0.25) is 0 Å². The molecule has 1 aliphatic rings. The van der Waals surface area contributed by atoms with Gasteiger partial charge < -0.3 is 18.6 Å². The molecule has 11 heteroatoms. The van der Waals surface area contributed by atoms with Gasteiger partial charge in [0.15, 0.2) is 16.5 Å². The largest absolute Gasteiger partial charge is 0.496 e. The van der Waals surface area contributed by atoms with Crippen LogP contribution in [0, 0.1) is 11.3 Å². The summed E-state index contributed by atoms with van der Waals surface area (Å²) in [5.41, 5.74) is 6.65. The summed E-state index contributed by atoms with van der Waals surface area (Å²) in [5, 5.41) is 13.6. The molecule has 5 aromatic rings. The van der Waals surface area contributed by atoms with Crippen molar-refractivity contribution in [3.8, 4) is 39.6 Å². The molecule has 0 bridgehead atoms. The third-order valence-corrected chi connectivity index (χ3v) is 7.52. The van der Waals surface area contributed by atoms with E-state index in [0.29, 0.717) is 34.1 Å². The molecule has 36 heavy (non-hydrogen) atoms. The molecular weight excluding hydrogens is 498 g/mol. The van der Waals surface area contributed by atoms with E-state index in [2.05, 4.69) is 21.5 Å². The van der Waals surface area contributed by atoms with Gasteiger partial charge in [0, 0.05) is 30.2 Å². The number of hydrogen-bond donors (Lipinski definition) is 1. The number of rotatable bonds is 7. The Morgan fingerprint density at radius 2 is 2.11 bits per heavy atom. The van der Waals surface area contributed by atoms with Crippen LogP contribution < -0.4 is 14.9 Å². The van der Waals surface area contributed by atoms with Crippen molar-refractivity contribution >= 4 is 34.1 Å². The highest BCUT2D eigenvalue weighted by molar-refractivity contribution is 7.99. The van der Waals surface area contributed by atoms with Crippen LogP contribution in [0.4, 0.5) is 0 Å². The van der Waals surface area contributed by atoms with Gasteiger partial charge in [-0.05, 0) is 30.0 Å². The van der Waals surface area contributed by atoms with Crippen molar-refractivity contribution in [2.75, 3.05) is 19.6 Å². The highest BCUT2D eigenvalue weighted by Gasteiger charge is 2.25. The van der Waals surface area contributed by atoms with Gasteiger partial charge in [0.05, 0.1) is 36.0 Å². The molecule has 0 amide bonds. The molecule has 1 N–H and O–H groups in total. The molecule has 0 radical (unpaired) electrons. The summed E-state index contributed by atoms with van der Waals surface area (Å²) in [6.07, 6.45) is 1.87. The molecule has 0 fully saturated rings. The fraction of sp³-hybridized carbons (Fsp3) is 0.160. The number of nitriles is 1. The monoisotopic (exact) mass is 517 g/mol. The Balaban J connectivity index is 1.26. The lowest BCUT2D eigenvalue weighted by Gasteiger charge is -2.08. The second kappa shape index (κ2) is 9.23. The van der Waals surface area contributed by atoms with Gasteiger partial charge in [-0.15, -0.1) is 11.3 Å². The summed E-state index contributed by atoms with van der Waals surface area (Å²) in [5.74, 6) is 1.87. The Kier molecular flexibility index (Phi) is 5.77. The van der Waals surface area contributed by atoms with Crippen molar-refractivity contribution in [2.45, 2.75) is 17.3 Å². The number of furan rings is 1. The first-order valence-corrected chi connectivity index (χ1v) is 12.6. The molecule has 1 unspecified atom stereocenters. The van der Waals surface area contributed by atoms with Crippen molar-refractivity contribution in [2.24, 2.45) is 0 Å². The third kappa shape index (κ3) is 4.15. The van der Waals surface area contributed by atoms with Crippen molar-refractivity contribution < 1.29 is 18.6 Å². The van der Waals surface area contributed by atoms with Crippen LogP contribution in [0.25, 0.3) is 33.0 Å². The third-order valence-electron chi connectivity index (χ3n) is 5.57. The van der Waals surface area contributed by atoms with E-state index in [4.69, 9.17) is 23.9 Å². The van der Waals surface area contributed by atoms with Crippen LogP contribution in [0.5, 0.6) is 11.5 Å². The van der Waals surface area contributed by atoms with Gasteiger partial charge >= 0.3 is 0 Å². The predicted octanol–water partition coefficient (Wildman–Crippen LogP) is 5.46. The Morgan fingerprint density at radius 3 is 2.92 bits per heavy atom. The second-order valence-electron chi connectivity index (χ2n) is 7.87. The summed E-state index contributed by atoms with van der Waals surface area (Å²) in [7, 11) is 3.25. The number of imidazole rings is 1. The summed E-state index contributed by atoms with van der Waals surface area (Å²) >= 11 is 3.00. The first-order chi connectivity index (χ1) is 17.6. The molecule has 6 rings (SSSR count). The van der Waals surface area contributed by atoms with E-state index >= 15 is 0 Å². The number of thioether (sulfide) groups is 1. The van der Waals surface area contributed by atoms with Crippen LogP contribution in [0.1, 0.15) is 11.3 Å². The molecule has 2 aromatic carbocycles. The maximum atomic E-state index is 9.16. The molecule has 0 spiro atoms. The minimum Gasteiger partial charge on any atom is -0.496 e. The number of nitrogens with zero attached hydrogens (tertiary/aromatic N) is 4. The summed E-state index contributed by atoms with van der Waals surface area (Å²) in [6.45, 7) is 0.273. The van der Waals surface area contributed by atoms with Crippen molar-refractivity contribution in [3.05, 3.63) is 65.3 Å². The normalized spacial score (nSPS) is 14.4. The van der Waals surface area contributed by atoms with Gasteiger partial charge in [-0.1, -0.05) is 12.1 Å². The zero-order valence-electron chi connectivity index (χ0n) is 19.2. The zero-order valence-corrected chi connectivity index (χ0v) is 20.9. The molecule has 4 heterocycles. The molecule has 9 nitrogen and oxygen atoms in total. The smallest absolute Gasteiger partial charge is 0.196 e. The fourth-order valence-corrected chi connectivity index (χ4v) is 5.45. The molecule has 0 saturated carbocycles. The number of ether oxygens (including phenoxy) is 3. The molecule has 1 aliphatic heterocycles. The van der Waals surface area contributed by atoms with E-state index in [9.17, 15) is 0 Å². The minimum atomic E-state index is -0.164. The number of aromatic nitrogens is 3. The average molecular weight is 518 g/mol. The Hall–Kier alpha value is -3.98. The van der Waals surface area contributed by atoms with E-state index in [1.54, 1.807) is 20.3 Å². The zero-order chi connectivity index (χ0) is 24.6. The van der Waals surface area contributed by atoms with E-state index in [0.717, 1.165) is 26.8 Å². The first-order valence-electron chi connectivity index (χ1n) is 10.9. The number of nitrogens with one attached hydrogen (secondary N) is 1. The topological polar surface area (TPSA) is 107 Å². The maximum absolute atomic E-state index is 9.16. The van der Waals surface area contributed by atoms with E-state index < -0.39 is 0 Å². The first kappa shape index (κ1) is 22.5. The number of hydrogen-bond acceptors (Lipinski definition) is 10. The quantitative estimate of drug-likeness (QED) is 0.301. The Morgan fingerprint density at radius 1 is 1.19 bits per heavy atom. The number of benzene rings is 2. The van der Waals surface area contributed by atoms with Crippen LogP contribution in [0.15, 0.2) is 63.6 Å². The van der Waals surface area contributed by atoms with E-state index in [1.165, 1.54) is 23.1 Å². The molecule has 180 valence electrons. The van der Waals surface area contributed by atoms with E-state index in [-0.39, 0.29) is 12.2 Å². The van der Waals surface area contributed by atoms with E-state index in [1.807, 2.05) is 52.7 Å². The highest BCUT2D eigenvalue weighted by atomic mass is 32.2. The lowest BCUT2D eigenvalue weighted by Crippen LogP contribution is -2.19. The fourth-order valence-electron chi connectivity index (χ4n) is 3.82. The van der Waals surface area contributed by atoms with Gasteiger partial charge in [0.1, 0.15) is 34.4 Å². The maximum Gasteiger partial charge on any atom is 0.196 e. The Bertz CT molecular complexity index is 1590. The van der Waals surface area contributed by atoms with Crippen LogP contribution in [0.3, 0.4) is 0 Å². The van der Waals surface area contributed by atoms with Crippen LogP contribution >= 0.6 is 23.1 Å². The van der Waals surface area contributed by atoms with Crippen LogP contribution in [-0.2, 0) is 11.3 Å². The van der Waals surface area contributed by atoms with Gasteiger partial charge in [-0.3, -0.25) is 5.43 Å². The lowest BCUT2D eigenvalue weighted by molar-refractivity contribution is 0.187. The van der Waals surface area contributed by atoms with Crippen molar-refractivity contribution in [1.29, 1.82) is 5.26 Å². The standard InChI is InChI=1S/C25H19N5O4S2/c1-31-17-7-20(33-12-16-13-35-23(27-16)15-5-3-4-14(6-15)10-26)18-9-22(34-21(18)8-17)19-11-30-24(28-19)36-25(29-30)32-2/h3-9,11,13,25,29H,12H2,1-2H3. The summed E-state index contributed by atoms with van der Waals surface area (Å²) in [6, 6.07) is 15.1. The number of fused-ring (bicyclic) bond motifs is 2. The summed E-state index contributed by atoms with van der Waals surface area (Å²) in [4.78, 5) is 9.34. The predicted molar refractivity (Wildman–Crippen MR) is 137 cm³/mol.